The van der Waals surface area contributed by atoms with Crippen LogP contribution in [0.1, 0.15) is 48.9 Å². The lowest BCUT2D eigenvalue weighted by atomic mass is 10.0. The standard InChI is InChI=1S/C20H25NO2/c1-21(2)20(23)12-6-4-3-5-11-19(22)18-14-13-16-9-7-8-10-17(16)15-18/h7-10,13-15H,3-6,11-12H2,1-2H3. The molecule has 0 bridgehead atoms. The van der Waals surface area contributed by atoms with Crippen molar-refractivity contribution in [1.29, 1.82) is 0 Å². The molecule has 3 heteroatoms. The molecule has 0 fully saturated rings. The van der Waals surface area contributed by atoms with E-state index in [4.69, 9.17) is 0 Å². The minimum absolute atomic E-state index is 0.178. The average molecular weight is 311 g/mol. The van der Waals surface area contributed by atoms with Crippen molar-refractivity contribution in [3.8, 4) is 0 Å². The van der Waals surface area contributed by atoms with E-state index in [0.717, 1.165) is 42.0 Å². The van der Waals surface area contributed by atoms with Crippen LogP contribution in [0.15, 0.2) is 42.5 Å². The fourth-order valence-corrected chi connectivity index (χ4v) is 2.65. The Labute approximate surface area is 138 Å². The number of fused-ring (bicyclic) bond motifs is 1. The van der Waals surface area contributed by atoms with E-state index in [1.807, 2.05) is 36.4 Å². The molecule has 2 aromatic rings. The van der Waals surface area contributed by atoms with Gasteiger partial charge in [0.25, 0.3) is 0 Å². The molecular formula is C20H25NO2. The van der Waals surface area contributed by atoms with E-state index in [9.17, 15) is 9.59 Å². The van der Waals surface area contributed by atoms with Gasteiger partial charge >= 0.3 is 0 Å². The second kappa shape index (κ2) is 8.47. The Morgan fingerprint density at radius 2 is 1.48 bits per heavy atom. The first-order valence-corrected chi connectivity index (χ1v) is 8.30. The van der Waals surface area contributed by atoms with Crippen LogP contribution >= 0.6 is 0 Å². The molecule has 0 aliphatic carbocycles. The molecule has 23 heavy (non-hydrogen) atoms. The Bertz CT molecular complexity index is 676. The van der Waals surface area contributed by atoms with E-state index < -0.39 is 0 Å². The zero-order valence-corrected chi connectivity index (χ0v) is 14.0. The highest BCUT2D eigenvalue weighted by Crippen LogP contribution is 2.17. The van der Waals surface area contributed by atoms with Crippen molar-refractivity contribution in [1.82, 2.24) is 4.90 Å². The second-order valence-electron chi connectivity index (χ2n) is 6.19. The number of hydrogen-bond acceptors (Lipinski definition) is 2. The highest BCUT2D eigenvalue weighted by Gasteiger charge is 2.07. The molecule has 0 atom stereocenters. The van der Waals surface area contributed by atoms with Crippen molar-refractivity contribution >= 4 is 22.5 Å². The van der Waals surface area contributed by atoms with Gasteiger partial charge in [-0.3, -0.25) is 9.59 Å². The van der Waals surface area contributed by atoms with E-state index in [2.05, 4.69) is 6.07 Å². The van der Waals surface area contributed by atoms with Crippen LogP contribution in [0.3, 0.4) is 0 Å². The van der Waals surface area contributed by atoms with E-state index in [1.54, 1.807) is 19.0 Å². The number of rotatable bonds is 8. The summed E-state index contributed by atoms with van der Waals surface area (Å²) < 4.78 is 0. The molecule has 0 saturated heterocycles. The summed E-state index contributed by atoms with van der Waals surface area (Å²) in [4.78, 5) is 25.3. The maximum Gasteiger partial charge on any atom is 0.222 e. The first kappa shape index (κ1) is 17.2. The van der Waals surface area contributed by atoms with E-state index in [1.165, 1.54) is 0 Å². The molecule has 0 heterocycles. The van der Waals surface area contributed by atoms with Gasteiger partial charge in [-0.15, -0.1) is 0 Å². The van der Waals surface area contributed by atoms with E-state index >= 15 is 0 Å². The molecule has 0 N–H and O–H groups in total. The minimum atomic E-state index is 0.178. The van der Waals surface area contributed by atoms with Gasteiger partial charge in [0, 0.05) is 32.5 Å². The van der Waals surface area contributed by atoms with Crippen molar-refractivity contribution in [2.24, 2.45) is 0 Å². The van der Waals surface area contributed by atoms with Gasteiger partial charge in [0.1, 0.15) is 0 Å². The SMILES string of the molecule is CN(C)C(=O)CCCCCCC(=O)c1ccc2ccccc2c1. The van der Waals surface area contributed by atoms with Crippen molar-refractivity contribution in [2.75, 3.05) is 14.1 Å². The van der Waals surface area contributed by atoms with Crippen LogP contribution in [0, 0.1) is 0 Å². The first-order valence-electron chi connectivity index (χ1n) is 8.30. The molecule has 0 unspecified atom stereocenters. The molecule has 0 aliphatic rings. The number of Topliss-reactive ketones (excluding diaryl/α,β-unsaturated/α-hetero) is 1. The topological polar surface area (TPSA) is 37.4 Å². The molecule has 0 saturated carbocycles. The Hall–Kier alpha value is -2.16. The van der Waals surface area contributed by atoms with Crippen LogP contribution in [-0.2, 0) is 4.79 Å². The summed E-state index contributed by atoms with van der Waals surface area (Å²) >= 11 is 0. The van der Waals surface area contributed by atoms with E-state index in [-0.39, 0.29) is 11.7 Å². The smallest absolute Gasteiger partial charge is 0.222 e. The second-order valence-corrected chi connectivity index (χ2v) is 6.19. The summed E-state index contributed by atoms with van der Waals surface area (Å²) in [6.45, 7) is 0. The number of unbranched alkanes of at least 4 members (excludes halogenated alkanes) is 3. The Morgan fingerprint density at radius 1 is 0.826 bits per heavy atom. The van der Waals surface area contributed by atoms with Crippen molar-refractivity contribution in [3.05, 3.63) is 48.0 Å². The summed E-state index contributed by atoms with van der Waals surface area (Å²) in [5, 5.41) is 2.27. The molecular weight excluding hydrogens is 286 g/mol. The molecule has 0 aliphatic heterocycles. The van der Waals surface area contributed by atoms with Crippen LogP contribution in [0.4, 0.5) is 0 Å². The predicted molar refractivity (Wildman–Crippen MR) is 94.7 cm³/mol. The zero-order valence-electron chi connectivity index (χ0n) is 14.0. The molecule has 0 aromatic heterocycles. The number of ketones is 1. The maximum absolute atomic E-state index is 12.3. The number of benzene rings is 2. The first-order chi connectivity index (χ1) is 11.1. The fourth-order valence-electron chi connectivity index (χ4n) is 2.65. The maximum atomic E-state index is 12.3. The highest BCUT2D eigenvalue weighted by atomic mass is 16.2. The Kier molecular flexibility index (Phi) is 6.33. The Morgan fingerprint density at radius 3 is 2.17 bits per heavy atom. The molecule has 0 spiro atoms. The van der Waals surface area contributed by atoms with Crippen molar-refractivity contribution < 1.29 is 9.59 Å². The lowest BCUT2D eigenvalue weighted by Crippen LogP contribution is -2.20. The highest BCUT2D eigenvalue weighted by molar-refractivity contribution is 5.99. The third kappa shape index (κ3) is 5.20. The third-order valence-electron chi connectivity index (χ3n) is 4.11. The zero-order chi connectivity index (χ0) is 16.7. The van der Waals surface area contributed by atoms with Crippen molar-refractivity contribution in [3.63, 3.8) is 0 Å². The van der Waals surface area contributed by atoms with Gasteiger partial charge in [-0.05, 0) is 29.7 Å². The summed E-state index contributed by atoms with van der Waals surface area (Å²) in [7, 11) is 3.56. The van der Waals surface area contributed by atoms with Gasteiger partial charge in [-0.2, -0.15) is 0 Å². The summed E-state index contributed by atoms with van der Waals surface area (Å²) in [6.07, 6.45) is 4.99. The molecule has 2 aromatic carbocycles. The number of nitrogens with zero attached hydrogens (tertiary/aromatic N) is 1. The molecule has 1 amide bonds. The number of hydrogen-bond donors (Lipinski definition) is 0. The van der Waals surface area contributed by atoms with Crippen molar-refractivity contribution in [2.45, 2.75) is 38.5 Å². The minimum Gasteiger partial charge on any atom is -0.349 e. The van der Waals surface area contributed by atoms with Crippen LogP contribution < -0.4 is 0 Å². The molecule has 3 nitrogen and oxygen atoms in total. The summed E-state index contributed by atoms with van der Waals surface area (Å²) in [5.74, 6) is 0.386. The summed E-state index contributed by atoms with van der Waals surface area (Å²) in [5.41, 5.74) is 0.798. The van der Waals surface area contributed by atoms with Crippen LogP contribution in [0.5, 0.6) is 0 Å². The van der Waals surface area contributed by atoms with Crippen LogP contribution in [0.2, 0.25) is 0 Å². The summed E-state index contributed by atoms with van der Waals surface area (Å²) in [6, 6.07) is 14.0. The van der Waals surface area contributed by atoms with Gasteiger partial charge in [0.15, 0.2) is 5.78 Å². The largest absolute Gasteiger partial charge is 0.349 e. The number of carbonyl (C=O) groups excluding carboxylic acids is 2. The van der Waals surface area contributed by atoms with Gasteiger partial charge in [0.2, 0.25) is 5.91 Å². The molecule has 0 radical (unpaired) electrons. The number of amides is 1. The molecule has 122 valence electrons. The monoisotopic (exact) mass is 311 g/mol. The fraction of sp³-hybridized carbons (Fsp3) is 0.400. The average Bonchev–Trinajstić information content (AvgIpc) is 2.56. The third-order valence-corrected chi connectivity index (χ3v) is 4.11. The van der Waals surface area contributed by atoms with Gasteiger partial charge in [-0.25, -0.2) is 0 Å². The quantitative estimate of drug-likeness (QED) is 0.533. The lowest BCUT2D eigenvalue weighted by molar-refractivity contribution is -0.128. The normalized spacial score (nSPS) is 10.7. The van der Waals surface area contributed by atoms with Crippen LogP contribution in [-0.4, -0.2) is 30.7 Å². The van der Waals surface area contributed by atoms with Gasteiger partial charge in [-0.1, -0.05) is 49.2 Å². The predicted octanol–water partition coefficient (Wildman–Crippen LogP) is 4.45. The van der Waals surface area contributed by atoms with Gasteiger partial charge in [0.05, 0.1) is 0 Å². The number of carbonyl (C=O) groups is 2. The lowest BCUT2D eigenvalue weighted by Gasteiger charge is -2.09. The van der Waals surface area contributed by atoms with E-state index in [0.29, 0.717) is 12.8 Å². The van der Waals surface area contributed by atoms with Gasteiger partial charge < -0.3 is 4.90 Å². The molecule has 2 rings (SSSR count). The van der Waals surface area contributed by atoms with Crippen LogP contribution in [0.25, 0.3) is 10.8 Å². The Balaban J connectivity index is 1.73.